The molecule has 0 radical (unpaired) electrons. The van der Waals surface area contributed by atoms with E-state index in [1.54, 1.807) is 0 Å². The molecule has 1 saturated carbocycles. The minimum Gasteiger partial charge on any atom is -0.508 e. The number of hydrogen-bond acceptors (Lipinski definition) is 1. The van der Waals surface area contributed by atoms with Crippen LogP contribution >= 0.6 is 0 Å². The van der Waals surface area contributed by atoms with Crippen LogP contribution in [0, 0.1) is 11.3 Å². The summed E-state index contributed by atoms with van der Waals surface area (Å²) >= 11 is 0. The van der Waals surface area contributed by atoms with E-state index >= 15 is 0 Å². The van der Waals surface area contributed by atoms with Gasteiger partial charge < -0.3 is 5.11 Å². The zero-order valence-electron chi connectivity index (χ0n) is 13.0. The van der Waals surface area contributed by atoms with Crippen LogP contribution in [-0.2, 0) is 6.42 Å². The number of aryl methyl sites for hydroxylation is 1. The molecule has 0 amide bonds. The summed E-state index contributed by atoms with van der Waals surface area (Å²) in [6.45, 7) is 4.86. The van der Waals surface area contributed by atoms with E-state index in [9.17, 15) is 5.11 Å². The topological polar surface area (TPSA) is 20.2 Å². The van der Waals surface area contributed by atoms with E-state index in [1.807, 2.05) is 12.1 Å². The molecule has 0 aliphatic heterocycles. The summed E-state index contributed by atoms with van der Waals surface area (Å²) in [7, 11) is 0. The smallest absolute Gasteiger partial charge is 0.115 e. The number of fused-ring (bicyclic) bond motifs is 3. The third-order valence-electron chi connectivity index (χ3n) is 6.12. The lowest BCUT2D eigenvalue weighted by Crippen LogP contribution is -2.40. The van der Waals surface area contributed by atoms with E-state index in [0.717, 1.165) is 18.3 Å². The van der Waals surface area contributed by atoms with Crippen molar-refractivity contribution in [3.63, 3.8) is 0 Å². The molecular weight excluding hydrogens is 244 g/mol. The van der Waals surface area contributed by atoms with Gasteiger partial charge in [-0.1, -0.05) is 39.2 Å². The van der Waals surface area contributed by atoms with Crippen molar-refractivity contribution in [2.24, 2.45) is 11.3 Å². The van der Waals surface area contributed by atoms with Crippen LogP contribution in [0.3, 0.4) is 0 Å². The zero-order chi connectivity index (χ0) is 14.2. The molecule has 1 heteroatoms. The van der Waals surface area contributed by atoms with Gasteiger partial charge in [0.25, 0.3) is 0 Å². The molecule has 1 nitrogen and oxygen atoms in total. The Bertz CT molecular complexity index is 479. The Labute approximate surface area is 123 Å². The average Bonchev–Trinajstić information content (AvgIpc) is 2.45. The van der Waals surface area contributed by atoms with Gasteiger partial charge in [0.05, 0.1) is 0 Å². The van der Waals surface area contributed by atoms with Crippen LogP contribution in [0.5, 0.6) is 5.75 Å². The lowest BCUT2D eigenvalue weighted by atomic mass is 9.53. The van der Waals surface area contributed by atoms with E-state index < -0.39 is 0 Å². The molecule has 3 atom stereocenters. The fourth-order valence-electron chi connectivity index (χ4n) is 4.88. The van der Waals surface area contributed by atoms with Gasteiger partial charge in [-0.3, -0.25) is 0 Å². The first kappa shape index (κ1) is 14.0. The summed E-state index contributed by atoms with van der Waals surface area (Å²) < 4.78 is 0. The van der Waals surface area contributed by atoms with Crippen LogP contribution in [-0.4, -0.2) is 5.11 Å². The molecule has 1 fully saturated rings. The minimum atomic E-state index is 0.436. The lowest BCUT2D eigenvalue weighted by molar-refractivity contribution is 0.0579. The van der Waals surface area contributed by atoms with Crippen LogP contribution in [0.1, 0.15) is 75.8 Å². The van der Waals surface area contributed by atoms with Crippen molar-refractivity contribution in [3.05, 3.63) is 29.3 Å². The van der Waals surface area contributed by atoms with Crippen molar-refractivity contribution in [2.45, 2.75) is 71.1 Å². The number of benzene rings is 1. The molecule has 1 N–H and O–H groups in total. The summed E-state index contributed by atoms with van der Waals surface area (Å²) in [5.74, 6) is 2.07. The summed E-state index contributed by atoms with van der Waals surface area (Å²) in [5.41, 5.74) is 3.44. The van der Waals surface area contributed by atoms with Crippen molar-refractivity contribution in [1.82, 2.24) is 0 Å². The number of phenolic OH excluding ortho intramolecular Hbond substituents is 1. The second kappa shape index (κ2) is 5.42. The summed E-state index contributed by atoms with van der Waals surface area (Å²) in [6, 6.07) is 6.10. The molecule has 0 aromatic heterocycles. The molecule has 3 rings (SSSR count). The highest BCUT2D eigenvalue weighted by molar-refractivity contribution is 5.40. The number of phenols is 1. The van der Waals surface area contributed by atoms with E-state index in [-0.39, 0.29) is 0 Å². The summed E-state index contributed by atoms with van der Waals surface area (Å²) in [6.07, 6.45) is 10.7. The largest absolute Gasteiger partial charge is 0.508 e. The Morgan fingerprint density at radius 3 is 2.95 bits per heavy atom. The molecule has 0 bridgehead atoms. The highest BCUT2D eigenvalue weighted by Gasteiger charge is 2.46. The summed E-state index contributed by atoms with van der Waals surface area (Å²) in [5, 5.41) is 9.72. The van der Waals surface area contributed by atoms with Crippen LogP contribution < -0.4 is 0 Å². The molecule has 2 aliphatic carbocycles. The maximum Gasteiger partial charge on any atom is 0.115 e. The number of hydrogen-bond donors (Lipinski definition) is 1. The first-order chi connectivity index (χ1) is 9.65. The maximum atomic E-state index is 9.72. The SMILES string of the molecule is CCCC[C@H]1CCC[C@@H]2c3ccc(O)cc3CC[C@@]12C. The first-order valence-electron chi connectivity index (χ1n) is 8.47. The second-order valence-electron chi connectivity index (χ2n) is 7.21. The zero-order valence-corrected chi connectivity index (χ0v) is 13.0. The van der Waals surface area contributed by atoms with Gasteiger partial charge in [-0.05, 0) is 72.6 Å². The fraction of sp³-hybridized carbons (Fsp3) is 0.684. The fourth-order valence-corrected chi connectivity index (χ4v) is 4.88. The lowest BCUT2D eigenvalue weighted by Gasteiger charge is -2.51. The Hall–Kier alpha value is -0.980. The molecule has 1 aromatic rings. The molecule has 1 aromatic carbocycles. The molecular formula is C19H28O. The van der Waals surface area contributed by atoms with Crippen LogP contribution in [0.4, 0.5) is 0 Å². The predicted octanol–water partition coefficient (Wildman–Crippen LogP) is 5.42. The monoisotopic (exact) mass is 272 g/mol. The van der Waals surface area contributed by atoms with Gasteiger partial charge in [-0.15, -0.1) is 0 Å². The Balaban J connectivity index is 1.91. The highest BCUT2D eigenvalue weighted by atomic mass is 16.3. The maximum absolute atomic E-state index is 9.72. The molecule has 20 heavy (non-hydrogen) atoms. The molecule has 2 aliphatic rings. The van der Waals surface area contributed by atoms with Crippen molar-refractivity contribution in [1.29, 1.82) is 0 Å². The van der Waals surface area contributed by atoms with Crippen molar-refractivity contribution in [2.75, 3.05) is 0 Å². The van der Waals surface area contributed by atoms with Gasteiger partial charge in [0.2, 0.25) is 0 Å². The van der Waals surface area contributed by atoms with Gasteiger partial charge in [0, 0.05) is 0 Å². The minimum absolute atomic E-state index is 0.436. The number of aromatic hydroxyl groups is 1. The quantitative estimate of drug-likeness (QED) is 0.779. The Morgan fingerprint density at radius 1 is 1.30 bits per heavy atom. The van der Waals surface area contributed by atoms with E-state index in [0.29, 0.717) is 11.2 Å². The van der Waals surface area contributed by atoms with Crippen molar-refractivity contribution in [3.8, 4) is 5.75 Å². The van der Waals surface area contributed by atoms with Crippen LogP contribution in [0.15, 0.2) is 18.2 Å². The third kappa shape index (κ3) is 2.25. The first-order valence-corrected chi connectivity index (χ1v) is 8.47. The molecule has 0 unspecified atom stereocenters. The Kier molecular flexibility index (Phi) is 3.79. The molecule has 0 saturated heterocycles. The molecule has 0 heterocycles. The van der Waals surface area contributed by atoms with E-state index in [1.165, 1.54) is 56.1 Å². The van der Waals surface area contributed by atoms with Gasteiger partial charge in [-0.25, -0.2) is 0 Å². The number of unbranched alkanes of at least 4 members (excludes halogenated alkanes) is 1. The molecule has 110 valence electrons. The summed E-state index contributed by atoms with van der Waals surface area (Å²) in [4.78, 5) is 0. The van der Waals surface area contributed by atoms with Crippen molar-refractivity contribution >= 4 is 0 Å². The average molecular weight is 272 g/mol. The standard InChI is InChI=1S/C19H28O/c1-3-4-6-15-7-5-8-18-17-10-9-16(20)13-14(17)11-12-19(15,18)2/h9-10,13,15,18,20H,3-8,11-12H2,1-2H3/t15-,18+,19-/m0/s1. The van der Waals surface area contributed by atoms with Crippen molar-refractivity contribution < 1.29 is 5.11 Å². The molecule has 0 spiro atoms. The highest BCUT2D eigenvalue weighted by Crippen LogP contribution is 2.57. The van der Waals surface area contributed by atoms with E-state index in [4.69, 9.17) is 0 Å². The van der Waals surface area contributed by atoms with Gasteiger partial charge in [0.15, 0.2) is 0 Å². The number of rotatable bonds is 3. The van der Waals surface area contributed by atoms with Crippen LogP contribution in [0.2, 0.25) is 0 Å². The normalized spacial score (nSPS) is 32.5. The Morgan fingerprint density at radius 2 is 2.15 bits per heavy atom. The third-order valence-corrected chi connectivity index (χ3v) is 6.12. The van der Waals surface area contributed by atoms with Gasteiger partial charge in [0.1, 0.15) is 5.75 Å². The second-order valence-corrected chi connectivity index (χ2v) is 7.21. The van der Waals surface area contributed by atoms with E-state index in [2.05, 4.69) is 19.9 Å². The van der Waals surface area contributed by atoms with Gasteiger partial charge >= 0.3 is 0 Å². The predicted molar refractivity (Wildman–Crippen MR) is 84.1 cm³/mol. The van der Waals surface area contributed by atoms with Gasteiger partial charge in [-0.2, -0.15) is 0 Å². The van der Waals surface area contributed by atoms with Crippen LogP contribution in [0.25, 0.3) is 0 Å².